The van der Waals surface area contributed by atoms with Crippen LogP contribution >= 0.6 is 63.7 Å². The van der Waals surface area contributed by atoms with Crippen molar-refractivity contribution >= 4 is 74.5 Å². The maximum absolute atomic E-state index is 3.58. The Kier molecular flexibility index (Phi) is 11.4. The minimum Gasteiger partial charge on any atom is -0.0765 e. The first-order valence-electron chi connectivity index (χ1n) is 9.63. The summed E-state index contributed by atoms with van der Waals surface area (Å²) in [6.07, 6.45) is 12.5. The molecule has 0 nitrogen and oxygen atoms in total. The summed E-state index contributed by atoms with van der Waals surface area (Å²) in [5, 5.41) is 2.85. The molecule has 0 aliphatic heterocycles. The van der Waals surface area contributed by atoms with Gasteiger partial charge in [0.25, 0.3) is 0 Å². The fraction of sp³-hybridized carbons (Fsp3) is 0.545. The van der Waals surface area contributed by atoms with E-state index in [4.69, 9.17) is 0 Å². The van der Waals surface area contributed by atoms with E-state index in [1.807, 2.05) is 0 Å². The van der Waals surface area contributed by atoms with E-state index in [0.29, 0.717) is 7.47 Å². The van der Waals surface area contributed by atoms with Gasteiger partial charge in [0, 0.05) is 0 Å². The molecule has 0 aliphatic rings. The molecule has 4 heteroatoms. The third kappa shape index (κ3) is 8.32. The molecule has 0 radical (unpaired) electrons. The fourth-order valence-electron chi connectivity index (χ4n) is 3.48. The van der Waals surface area contributed by atoms with Crippen molar-refractivity contribution in [3.63, 3.8) is 0 Å². The third-order valence-corrected chi connectivity index (χ3v) is 6.69. The topological polar surface area (TPSA) is 0 Å². The monoisotopic (exact) mass is 608 g/mol. The van der Waals surface area contributed by atoms with Gasteiger partial charge in [0.15, 0.2) is 0 Å². The van der Waals surface area contributed by atoms with Crippen LogP contribution in [0.5, 0.6) is 0 Å². The highest BCUT2D eigenvalue weighted by Gasteiger charge is 2.08. The van der Waals surface area contributed by atoms with E-state index in [-0.39, 0.29) is 0 Å². The molecule has 2 aromatic rings. The number of alkyl halides is 4. The van der Waals surface area contributed by atoms with E-state index in [2.05, 4.69) is 100 Å². The van der Waals surface area contributed by atoms with Crippen molar-refractivity contribution < 1.29 is 0 Å². The molecule has 0 spiro atoms. The zero-order valence-corrected chi connectivity index (χ0v) is 21.5. The standard InChI is InChI=1S/C22H28Br4/c23-21(24)13-5-1-3-9-17-15-16-18-10-7-8-12-20(18)19(17)11-4-2-6-14-22(25)26/h7-8,10,12,15-16,21-22H,1-6,9,11,13-14H2. The Morgan fingerprint density at radius 1 is 0.615 bits per heavy atom. The first kappa shape index (κ1) is 22.9. The predicted octanol–water partition coefficient (Wildman–Crippen LogP) is 9.28. The molecule has 26 heavy (non-hydrogen) atoms. The highest BCUT2D eigenvalue weighted by atomic mass is 79.9. The lowest BCUT2D eigenvalue weighted by Gasteiger charge is -2.14. The molecule has 0 saturated carbocycles. The van der Waals surface area contributed by atoms with Crippen molar-refractivity contribution in [3.05, 3.63) is 47.5 Å². The van der Waals surface area contributed by atoms with E-state index in [1.54, 1.807) is 11.1 Å². The maximum Gasteiger partial charge on any atom is 0.0697 e. The summed E-state index contributed by atoms with van der Waals surface area (Å²) >= 11 is 14.3. The molecule has 0 atom stereocenters. The first-order valence-corrected chi connectivity index (χ1v) is 13.3. The zero-order chi connectivity index (χ0) is 18.8. The van der Waals surface area contributed by atoms with Gasteiger partial charge in [-0.25, -0.2) is 0 Å². The number of aryl methyl sites for hydroxylation is 2. The van der Waals surface area contributed by atoms with Crippen LogP contribution in [0.1, 0.15) is 62.5 Å². The Labute approximate surface area is 192 Å². The van der Waals surface area contributed by atoms with E-state index < -0.39 is 0 Å². The van der Waals surface area contributed by atoms with E-state index >= 15 is 0 Å². The second-order valence-corrected chi connectivity index (χ2v) is 13.8. The van der Waals surface area contributed by atoms with Crippen molar-refractivity contribution in [3.8, 4) is 0 Å². The average molecular weight is 612 g/mol. The molecule has 0 saturated heterocycles. The third-order valence-electron chi connectivity index (χ3n) is 4.86. The molecule has 0 aromatic heterocycles. The van der Waals surface area contributed by atoms with Crippen molar-refractivity contribution in [2.45, 2.75) is 71.7 Å². The minimum atomic E-state index is 0.460. The second kappa shape index (κ2) is 13.0. The average Bonchev–Trinajstić information content (AvgIpc) is 2.61. The molecular formula is C22H28Br4. The molecule has 0 unspecified atom stereocenters. The van der Waals surface area contributed by atoms with Crippen LogP contribution in [-0.2, 0) is 12.8 Å². The van der Waals surface area contributed by atoms with Crippen LogP contribution in [0, 0.1) is 0 Å². The molecule has 144 valence electrons. The van der Waals surface area contributed by atoms with Gasteiger partial charge in [-0.05, 0) is 60.4 Å². The van der Waals surface area contributed by atoms with E-state index in [1.165, 1.54) is 75.0 Å². The molecule has 0 fully saturated rings. The number of rotatable bonds is 12. The van der Waals surface area contributed by atoms with Gasteiger partial charge in [0.2, 0.25) is 0 Å². The molecule has 0 heterocycles. The summed E-state index contributed by atoms with van der Waals surface area (Å²) in [6.45, 7) is 0. The van der Waals surface area contributed by atoms with Gasteiger partial charge in [-0.2, -0.15) is 0 Å². The lowest BCUT2D eigenvalue weighted by Crippen LogP contribution is -1.98. The van der Waals surface area contributed by atoms with Crippen LogP contribution in [0.2, 0.25) is 0 Å². The number of fused-ring (bicyclic) bond motifs is 1. The highest BCUT2D eigenvalue weighted by Crippen LogP contribution is 2.27. The van der Waals surface area contributed by atoms with Gasteiger partial charge in [0.1, 0.15) is 0 Å². The van der Waals surface area contributed by atoms with Gasteiger partial charge in [-0.3, -0.25) is 0 Å². The van der Waals surface area contributed by atoms with Crippen LogP contribution in [-0.4, -0.2) is 7.47 Å². The normalized spacial score (nSPS) is 11.8. The Hall–Kier alpha value is 0.620. The van der Waals surface area contributed by atoms with Crippen LogP contribution < -0.4 is 0 Å². The summed E-state index contributed by atoms with van der Waals surface area (Å²) in [4.78, 5) is 0. The largest absolute Gasteiger partial charge is 0.0765 e. The summed E-state index contributed by atoms with van der Waals surface area (Å²) in [5.41, 5.74) is 3.16. The van der Waals surface area contributed by atoms with Gasteiger partial charge >= 0.3 is 0 Å². The van der Waals surface area contributed by atoms with Crippen molar-refractivity contribution in [2.75, 3.05) is 0 Å². The Bertz CT molecular complexity index is 652. The summed E-state index contributed by atoms with van der Waals surface area (Å²) < 4.78 is 0.923. The van der Waals surface area contributed by atoms with Gasteiger partial charge in [0.05, 0.1) is 7.47 Å². The summed E-state index contributed by atoms with van der Waals surface area (Å²) in [7, 11) is 0. The molecule has 0 aliphatic carbocycles. The van der Waals surface area contributed by atoms with Gasteiger partial charge in [-0.1, -0.05) is 126 Å². The summed E-state index contributed by atoms with van der Waals surface area (Å²) in [6, 6.07) is 13.6. The maximum atomic E-state index is 3.58. The minimum absolute atomic E-state index is 0.460. The number of halogens is 4. The fourth-order valence-corrected chi connectivity index (χ4v) is 4.77. The molecule has 2 aromatic carbocycles. The molecule has 2 rings (SSSR count). The number of hydrogen-bond acceptors (Lipinski definition) is 0. The van der Waals surface area contributed by atoms with Crippen LogP contribution in [0.25, 0.3) is 10.8 Å². The van der Waals surface area contributed by atoms with Crippen molar-refractivity contribution in [1.29, 1.82) is 0 Å². The smallest absolute Gasteiger partial charge is 0.0697 e. The lowest BCUT2D eigenvalue weighted by atomic mass is 9.92. The molecular weight excluding hydrogens is 584 g/mol. The predicted molar refractivity (Wildman–Crippen MR) is 132 cm³/mol. The van der Waals surface area contributed by atoms with Crippen molar-refractivity contribution in [1.82, 2.24) is 0 Å². The summed E-state index contributed by atoms with van der Waals surface area (Å²) in [5.74, 6) is 0. The number of benzene rings is 2. The SMILES string of the molecule is BrC(Br)CCCCCc1ccc2ccccc2c1CCCCCC(Br)Br. The Morgan fingerprint density at radius 3 is 1.88 bits per heavy atom. The van der Waals surface area contributed by atoms with Gasteiger partial charge in [-0.15, -0.1) is 0 Å². The van der Waals surface area contributed by atoms with Crippen LogP contribution in [0.15, 0.2) is 36.4 Å². The highest BCUT2D eigenvalue weighted by molar-refractivity contribution is 9.25. The second-order valence-electron chi connectivity index (χ2n) is 6.91. The van der Waals surface area contributed by atoms with E-state index in [9.17, 15) is 0 Å². The number of unbranched alkanes of at least 4 members (excludes halogenated alkanes) is 4. The Morgan fingerprint density at radius 2 is 1.23 bits per heavy atom. The molecule has 0 N–H and O–H groups in total. The quantitative estimate of drug-likeness (QED) is 0.166. The van der Waals surface area contributed by atoms with Crippen LogP contribution in [0.4, 0.5) is 0 Å². The first-order chi connectivity index (χ1) is 12.6. The van der Waals surface area contributed by atoms with Crippen LogP contribution in [0.3, 0.4) is 0 Å². The lowest BCUT2D eigenvalue weighted by molar-refractivity contribution is 0.652. The molecule has 0 bridgehead atoms. The van der Waals surface area contributed by atoms with Crippen molar-refractivity contribution in [2.24, 2.45) is 0 Å². The van der Waals surface area contributed by atoms with Gasteiger partial charge < -0.3 is 0 Å². The number of hydrogen-bond donors (Lipinski definition) is 0. The van der Waals surface area contributed by atoms with E-state index in [0.717, 1.165) is 0 Å². The zero-order valence-electron chi connectivity index (χ0n) is 15.2. The molecule has 0 amide bonds. The Balaban J connectivity index is 1.98.